The fourth-order valence-corrected chi connectivity index (χ4v) is 1.67. The van der Waals surface area contributed by atoms with Gasteiger partial charge in [-0.2, -0.15) is 5.26 Å². The number of nitro benzene ring substituents is 1. The number of nitriles is 1. The first-order chi connectivity index (χ1) is 9.16. The van der Waals surface area contributed by atoms with E-state index in [9.17, 15) is 14.9 Å². The van der Waals surface area contributed by atoms with Crippen molar-refractivity contribution < 1.29 is 9.72 Å². The Morgan fingerprint density at radius 1 is 1.45 bits per heavy atom. The lowest BCUT2D eigenvalue weighted by molar-refractivity contribution is -0.384. The highest BCUT2D eigenvalue weighted by Crippen LogP contribution is 2.27. The maximum absolute atomic E-state index is 12.0. The summed E-state index contributed by atoms with van der Waals surface area (Å²) in [6, 6.07) is 5.94. The van der Waals surface area contributed by atoms with Crippen LogP contribution in [0.3, 0.4) is 0 Å². The molecule has 0 aliphatic carbocycles. The van der Waals surface area contributed by atoms with E-state index in [1.165, 1.54) is 24.3 Å². The summed E-state index contributed by atoms with van der Waals surface area (Å²) in [6.07, 6.45) is 1.33. The van der Waals surface area contributed by atoms with Crippen LogP contribution in [0.15, 0.2) is 23.8 Å². The van der Waals surface area contributed by atoms with E-state index in [2.05, 4.69) is 0 Å². The lowest BCUT2D eigenvalue weighted by atomic mass is 9.86. The summed E-state index contributed by atoms with van der Waals surface area (Å²) < 4.78 is 0. The third kappa shape index (κ3) is 3.65. The van der Waals surface area contributed by atoms with E-state index in [0.717, 1.165) is 0 Å². The Morgan fingerprint density at radius 3 is 2.50 bits per heavy atom. The zero-order valence-electron chi connectivity index (χ0n) is 11.3. The SMILES string of the molecule is CC(C)(C)C(=O)/C(C#N)=C\c1ccc(Cl)c([N+](=O)[O-])c1. The molecule has 104 valence electrons. The first kappa shape index (κ1) is 15.9. The van der Waals surface area contributed by atoms with Gasteiger partial charge in [-0.3, -0.25) is 14.9 Å². The minimum Gasteiger partial charge on any atom is -0.293 e. The Hall–Kier alpha value is -2.19. The van der Waals surface area contributed by atoms with Gasteiger partial charge in [-0.15, -0.1) is 0 Å². The number of carbonyl (C=O) groups is 1. The molecular weight excluding hydrogens is 280 g/mol. The second kappa shape index (κ2) is 5.85. The molecule has 5 nitrogen and oxygen atoms in total. The van der Waals surface area contributed by atoms with Gasteiger partial charge < -0.3 is 0 Å². The lowest BCUT2D eigenvalue weighted by Crippen LogP contribution is -2.21. The van der Waals surface area contributed by atoms with E-state index in [-0.39, 0.29) is 22.1 Å². The quantitative estimate of drug-likeness (QED) is 0.367. The summed E-state index contributed by atoms with van der Waals surface area (Å²) in [5.41, 5.74) is -0.620. The molecule has 1 rings (SSSR count). The van der Waals surface area contributed by atoms with Gasteiger partial charge in [0.15, 0.2) is 5.78 Å². The van der Waals surface area contributed by atoms with Gasteiger partial charge in [0.25, 0.3) is 5.69 Å². The summed E-state index contributed by atoms with van der Waals surface area (Å²) in [5, 5.41) is 19.9. The van der Waals surface area contributed by atoms with E-state index < -0.39 is 10.3 Å². The van der Waals surface area contributed by atoms with Gasteiger partial charge in [-0.1, -0.05) is 38.4 Å². The molecule has 6 heteroatoms. The van der Waals surface area contributed by atoms with Crippen molar-refractivity contribution in [1.82, 2.24) is 0 Å². The summed E-state index contributed by atoms with van der Waals surface area (Å²) in [4.78, 5) is 22.2. The third-order valence-corrected chi connectivity index (χ3v) is 2.84. The maximum atomic E-state index is 12.0. The molecule has 20 heavy (non-hydrogen) atoms. The number of hydrogen-bond donors (Lipinski definition) is 0. The highest BCUT2D eigenvalue weighted by molar-refractivity contribution is 6.32. The number of nitrogens with zero attached hydrogens (tertiary/aromatic N) is 2. The molecule has 0 aliphatic heterocycles. The molecule has 1 aromatic rings. The van der Waals surface area contributed by atoms with Crippen molar-refractivity contribution in [3.05, 3.63) is 44.5 Å². The number of ketones is 1. The summed E-state index contributed by atoms with van der Waals surface area (Å²) in [6.45, 7) is 5.10. The Kier molecular flexibility index (Phi) is 4.64. The van der Waals surface area contributed by atoms with Gasteiger partial charge in [0.05, 0.1) is 10.5 Å². The first-order valence-corrected chi connectivity index (χ1v) is 6.15. The Morgan fingerprint density at radius 2 is 2.05 bits per heavy atom. The molecule has 0 saturated heterocycles. The van der Waals surface area contributed by atoms with Crippen LogP contribution in [0.4, 0.5) is 5.69 Å². The van der Waals surface area contributed by atoms with Crippen LogP contribution < -0.4 is 0 Å². The van der Waals surface area contributed by atoms with Crippen molar-refractivity contribution in [2.45, 2.75) is 20.8 Å². The monoisotopic (exact) mass is 292 g/mol. The lowest BCUT2D eigenvalue weighted by Gasteiger charge is -2.15. The van der Waals surface area contributed by atoms with Crippen LogP contribution in [0.1, 0.15) is 26.3 Å². The van der Waals surface area contributed by atoms with Crippen LogP contribution in [-0.2, 0) is 4.79 Å². The summed E-state index contributed by atoms with van der Waals surface area (Å²) >= 11 is 5.70. The standard InChI is InChI=1S/C14H13ClN2O3/c1-14(2,3)13(18)10(8-16)6-9-4-5-11(15)12(7-9)17(19)20/h4-7H,1-3H3/b10-6-. The van der Waals surface area contributed by atoms with Gasteiger partial charge in [-0.25, -0.2) is 0 Å². The molecule has 0 unspecified atom stereocenters. The van der Waals surface area contributed by atoms with Gasteiger partial charge in [0, 0.05) is 11.5 Å². The predicted molar refractivity (Wildman–Crippen MR) is 76.2 cm³/mol. The number of nitro groups is 1. The number of Topliss-reactive ketones (excluding diaryl/α,β-unsaturated/α-hetero) is 1. The average Bonchev–Trinajstić information content (AvgIpc) is 2.35. The van der Waals surface area contributed by atoms with E-state index in [4.69, 9.17) is 16.9 Å². The molecule has 0 amide bonds. The smallest absolute Gasteiger partial charge is 0.288 e. The molecule has 0 atom stereocenters. The normalized spacial score (nSPS) is 11.8. The Balaban J connectivity index is 3.29. The van der Waals surface area contributed by atoms with Crippen LogP contribution in [0.5, 0.6) is 0 Å². The zero-order valence-corrected chi connectivity index (χ0v) is 12.1. The molecule has 0 saturated carbocycles. The van der Waals surface area contributed by atoms with Crippen molar-refractivity contribution in [2.75, 3.05) is 0 Å². The molecule has 0 heterocycles. The predicted octanol–water partition coefficient (Wildman–Crippen LogP) is 3.77. The molecule has 0 bridgehead atoms. The number of carbonyl (C=O) groups excluding carboxylic acids is 1. The van der Waals surface area contributed by atoms with Crippen molar-refractivity contribution in [3.8, 4) is 6.07 Å². The van der Waals surface area contributed by atoms with Crippen molar-refractivity contribution in [1.29, 1.82) is 5.26 Å². The fraction of sp³-hybridized carbons (Fsp3) is 0.286. The largest absolute Gasteiger partial charge is 0.293 e. The molecule has 0 aromatic heterocycles. The van der Waals surface area contributed by atoms with Gasteiger partial charge in [-0.05, 0) is 17.7 Å². The maximum Gasteiger partial charge on any atom is 0.288 e. The third-order valence-electron chi connectivity index (χ3n) is 2.52. The average molecular weight is 293 g/mol. The number of allylic oxidation sites excluding steroid dienone is 1. The zero-order chi connectivity index (χ0) is 15.5. The molecule has 0 spiro atoms. The van der Waals surface area contributed by atoms with Crippen molar-refractivity contribution in [2.24, 2.45) is 5.41 Å². The Labute approximate surface area is 121 Å². The molecular formula is C14H13ClN2O3. The number of hydrogen-bond acceptors (Lipinski definition) is 4. The second-order valence-electron chi connectivity index (χ2n) is 5.22. The van der Waals surface area contributed by atoms with Gasteiger partial charge in [0.2, 0.25) is 0 Å². The topological polar surface area (TPSA) is 84.0 Å². The highest BCUT2D eigenvalue weighted by Gasteiger charge is 2.25. The first-order valence-electron chi connectivity index (χ1n) is 5.77. The van der Waals surface area contributed by atoms with Crippen LogP contribution >= 0.6 is 11.6 Å². The summed E-state index contributed by atoms with van der Waals surface area (Å²) in [7, 11) is 0. The van der Waals surface area contributed by atoms with Crippen molar-refractivity contribution in [3.63, 3.8) is 0 Å². The minimum absolute atomic E-state index is 0.00723. The summed E-state index contributed by atoms with van der Waals surface area (Å²) in [5.74, 6) is -0.322. The van der Waals surface area contributed by atoms with E-state index in [1.807, 2.05) is 6.07 Å². The fourth-order valence-electron chi connectivity index (χ4n) is 1.48. The molecule has 1 aromatic carbocycles. The van der Waals surface area contributed by atoms with E-state index in [0.29, 0.717) is 5.56 Å². The van der Waals surface area contributed by atoms with E-state index >= 15 is 0 Å². The second-order valence-corrected chi connectivity index (χ2v) is 5.62. The molecule has 0 N–H and O–H groups in total. The molecule has 0 aliphatic rings. The highest BCUT2D eigenvalue weighted by atomic mass is 35.5. The molecule has 0 fully saturated rings. The number of halogens is 1. The molecule has 0 radical (unpaired) electrons. The Bertz CT molecular complexity index is 637. The van der Waals surface area contributed by atoms with E-state index in [1.54, 1.807) is 20.8 Å². The number of rotatable bonds is 3. The van der Waals surface area contributed by atoms with Gasteiger partial charge >= 0.3 is 0 Å². The van der Waals surface area contributed by atoms with Gasteiger partial charge in [0.1, 0.15) is 11.1 Å². The van der Waals surface area contributed by atoms with Crippen molar-refractivity contribution >= 4 is 29.1 Å². The number of benzene rings is 1. The van der Waals surface area contributed by atoms with Crippen LogP contribution in [0, 0.1) is 26.9 Å². The van der Waals surface area contributed by atoms with Crippen LogP contribution in [0.25, 0.3) is 6.08 Å². The van der Waals surface area contributed by atoms with Crippen LogP contribution in [-0.4, -0.2) is 10.7 Å². The minimum atomic E-state index is -0.695. The van der Waals surface area contributed by atoms with Crippen LogP contribution in [0.2, 0.25) is 5.02 Å².